The Balaban J connectivity index is 1.90. The van der Waals surface area contributed by atoms with Crippen LogP contribution >= 0.6 is 11.3 Å². The van der Waals surface area contributed by atoms with Crippen LogP contribution in [0.25, 0.3) is 10.1 Å². The molecule has 0 bridgehead atoms. The maximum absolute atomic E-state index is 13.2. The summed E-state index contributed by atoms with van der Waals surface area (Å²) in [6, 6.07) is 13.4. The van der Waals surface area contributed by atoms with Crippen LogP contribution in [0, 0.1) is 5.82 Å². The third-order valence-corrected chi connectivity index (χ3v) is 4.03. The fraction of sp³-hybridized carbons (Fsp3) is 0. The average molecular weight is 286 g/mol. The SMILES string of the molecule is Nc1ccc(F)cc1NC(=O)c1cc2ccccc2s1. The molecule has 0 fully saturated rings. The normalized spacial score (nSPS) is 10.7. The number of hydrogen-bond donors (Lipinski definition) is 2. The minimum Gasteiger partial charge on any atom is -0.397 e. The molecule has 100 valence electrons. The van der Waals surface area contributed by atoms with Crippen molar-refractivity contribution < 1.29 is 9.18 Å². The van der Waals surface area contributed by atoms with Crippen molar-refractivity contribution in [3.8, 4) is 0 Å². The fourth-order valence-corrected chi connectivity index (χ4v) is 2.87. The van der Waals surface area contributed by atoms with E-state index in [-0.39, 0.29) is 11.6 Å². The standard InChI is InChI=1S/C15H11FN2OS/c16-10-5-6-11(17)12(8-10)18-15(19)14-7-9-3-1-2-4-13(9)20-14/h1-8H,17H2,(H,18,19). The van der Waals surface area contributed by atoms with Gasteiger partial charge in [0.25, 0.3) is 5.91 Å². The lowest BCUT2D eigenvalue weighted by atomic mass is 10.2. The largest absolute Gasteiger partial charge is 0.397 e. The van der Waals surface area contributed by atoms with E-state index in [1.807, 2.05) is 30.3 Å². The topological polar surface area (TPSA) is 55.1 Å². The molecule has 5 heteroatoms. The molecule has 0 aliphatic rings. The second-order valence-electron chi connectivity index (χ2n) is 4.33. The van der Waals surface area contributed by atoms with E-state index >= 15 is 0 Å². The molecule has 3 N–H and O–H groups in total. The summed E-state index contributed by atoms with van der Waals surface area (Å²) in [7, 11) is 0. The van der Waals surface area contributed by atoms with Crippen molar-refractivity contribution in [2.75, 3.05) is 11.1 Å². The molecule has 0 aliphatic carbocycles. The smallest absolute Gasteiger partial charge is 0.265 e. The van der Waals surface area contributed by atoms with Gasteiger partial charge in [-0.05, 0) is 35.7 Å². The van der Waals surface area contributed by atoms with Crippen LogP contribution in [-0.2, 0) is 0 Å². The Hall–Kier alpha value is -2.40. The summed E-state index contributed by atoms with van der Waals surface area (Å²) < 4.78 is 14.2. The zero-order chi connectivity index (χ0) is 14.1. The van der Waals surface area contributed by atoms with E-state index in [0.717, 1.165) is 10.1 Å². The van der Waals surface area contributed by atoms with E-state index in [1.165, 1.54) is 29.5 Å². The van der Waals surface area contributed by atoms with Gasteiger partial charge in [-0.1, -0.05) is 18.2 Å². The number of fused-ring (bicyclic) bond motifs is 1. The number of benzene rings is 2. The summed E-state index contributed by atoms with van der Waals surface area (Å²) in [4.78, 5) is 12.7. The van der Waals surface area contributed by atoms with Gasteiger partial charge in [0.2, 0.25) is 0 Å². The van der Waals surface area contributed by atoms with Gasteiger partial charge < -0.3 is 11.1 Å². The summed E-state index contributed by atoms with van der Waals surface area (Å²) in [6.07, 6.45) is 0. The molecule has 0 radical (unpaired) electrons. The Labute approximate surface area is 118 Å². The van der Waals surface area contributed by atoms with E-state index in [1.54, 1.807) is 0 Å². The molecule has 3 aromatic rings. The van der Waals surface area contributed by atoms with Crippen molar-refractivity contribution in [1.82, 2.24) is 0 Å². The van der Waals surface area contributed by atoms with Gasteiger partial charge in [0.1, 0.15) is 5.82 Å². The molecular formula is C15H11FN2OS. The van der Waals surface area contributed by atoms with Crippen molar-refractivity contribution >= 4 is 38.7 Å². The van der Waals surface area contributed by atoms with Gasteiger partial charge in [0, 0.05) is 4.70 Å². The predicted molar refractivity (Wildman–Crippen MR) is 80.6 cm³/mol. The van der Waals surface area contributed by atoms with Crippen molar-refractivity contribution in [3.63, 3.8) is 0 Å². The number of nitrogens with one attached hydrogen (secondary N) is 1. The van der Waals surface area contributed by atoms with Crippen LogP contribution in [0.4, 0.5) is 15.8 Å². The highest BCUT2D eigenvalue weighted by Crippen LogP contribution is 2.27. The van der Waals surface area contributed by atoms with Crippen molar-refractivity contribution in [1.29, 1.82) is 0 Å². The molecule has 3 rings (SSSR count). The maximum Gasteiger partial charge on any atom is 0.265 e. The molecule has 1 heterocycles. The van der Waals surface area contributed by atoms with Crippen LogP contribution in [0.1, 0.15) is 9.67 Å². The summed E-state index contributed by atoms with van der Waals surface area (Å²) in [6.45, 7) is 0. The van der Waals surface area contributed by atoms with Crippen LogP contribution < -0.4 is 11.1 Å². The molecule has 0 atom stereocenters. The summed E-state index contributed by atoms with van der Waals surface area (Å²) >= 11 is 1.39. The first kappa shape index (κ1) is 12.6. The number of amides is 1. The van der Waals surface area contributed by atoms with Gasteiger partial charge in [-0.25, -0.2) is 4.39 Å². The first-order chi connectivity index (χ1) is 9.63. The number of nitrogen functional groups attached to an aromatic ring is 1. The molecule has 0 saturated heterocycles. The van der Waals surface area contributed by atoms with Crippen molar-refractivity contribution in [2.45, 2.75) is 0 Å². The second kappa shape index (κ2) is 4.94. The number of hydrogen-bond acceptors (Lipinski definition) is 3. The third-order valence-electron chi connectivity index (χ3n) is 2.91. The lowest BCUT2D eigenvalue weighted by Gasteiger charge is -2.06. The van der Waals surface area contributed by atoms with Gasteiger partial charge in [0.05, 0.1) is 16.3 Å². The third kappa shape index (κ3) is 2.35. The molecule has 3 nitrogen and oxygen atoms in total. The minimum absolute atomic E-state index is 0.285. The maximum atomic E-state index is 13.2. The molecule has 0 saturated carbocycles. The Morgan fingerprint density at radius 1 is 1.15 bits per heavy atom. The van der Waals surface area contributed by atoms with E-state index in [4.69, 9.17) is 5.73 Å². The monoisotopic (exact) mass is 286 g/mol. The zero-order valence-corrected chi connectivity index (χ0v) is 11.2. The molecular weight excluding hydrogens is 275 g/mol. The van der Waals surface area contributed by atoms with Crippen molar-refractivity contribution in [3.05, 3.63) is 59.2 Å². The minimum atomic E-state index is -0.439. The summed E-state index contributed by atoms with van der Waals surface area (Å²) in [5.41, 5.74) is 6.33. The lowest BCUT2D eigenvalue weighted by molar-refractivity contribution is 0.103. The van der Waals surface area contributed by atoms with E-state index < -0.39 is 5.82 Å². The van der Waals surface area contributed by atoms with Gasteiger partial charge in [-0.3, -0.25) is 4.79 Å². The highest BCUT2D eigenvalue weighted by molar-refractivity contribution is 7.20. The first-order valence-corrected chi connectivity index (χ1v) is 6.80. The average Bonchev–Trinajstić information content (AvgIpc) is 2.87. The Morgan fingerprint density at radius 2 is 1.95 bits per heavy atom. The van der Waals surface area contributed by atoms with Crippen LogP contribution in [0.3, 0.4) is 0 Å². The van der Waals surface area contributed by atoms with E-state index in [9.17, 15) is 9.18 Å². The molecule has 2 aromatic carbocycles. The van der Waals surface area contributed by atoms with Crippen LogP contribution in [-0.4, -0.2) is 5.91 Å². The molecule has 0 aliphatic heterocycles. The summed E-state index contributed by atoms with van der Waals surface area (Å²) in [5, 5.41) is 3.64. The highest BCUT2D eigenvalue weighted by atomic mass is 32.1. The molecule has 1 amide bonds. The Bertz CT molecular complexity index is 764. The van der Waals surface area contributed by atoms with Gasteiger partial charge in [0.15, 0.2) is 0 Å². The fourth-order valence-electron chi connectivity index (χ4n) is 1.91. The predicted octanol–water partition coefficient (Wildman–Crippen LogP) is 3.87. The number of anilines is 2. The van der Waals surface area contributed by atoms with Gasteiger partial charge >= 0.3 is 0 Å². The van der Waals surface area contributed by atoms with Crippen LogP contribution in [0.2, 0.25) is 0 Å². The number of rotatable bonds is 2. The number of nitrogens with two attached hydrogens (primary N) is 1. The Kier molecular flexibility index (Phi) is 3.12. The number of carbonyl (C=O) groups is 1. The number of halogens is 1. The zero-order valence-electron chi connectivity index (χ0n) is 10.4. The molecule has 20 heavy (non-hydrogen) atoms. The lowest BCUT2D eigenvalue weighted by Crippen LogP contribution is -2.11. The molecule has 0 spiro atoms. The van der Waals surface area contributed by atoms with Crippen LogP contribution in [0.5, 0.6) is 0 Å². The second-order valence-corrected chi connectivity index (χ2v) is 5.42. The van der Waals surface area contributed by atoms with Crippen molar-refractivity contribution in [2.24, 2.45) is 0 Å². The van der Waals surface area contributed by atoms with Crippen LogP contribution in [0.15, 0.2) is 48.5 Å². The van der Waals surface area contributed by atoms with E-state index in [2.05, 4.69) is 5.32 Å². The quantitative estimate of drug-likeness (QED) is 0.702. The molecule has 0 unspecified atom stereocenters. The Morgan fingerprint density at radius 3 is 2.75 bits per heavy atom. The highest BCUT2D eigenvalue weighted by Gasteiger charge is 2.12. The summed E-state index contributed by atoms with van der Waals surface area (Å²) in [5.74, 6) is -0.727. The van der Waals surface area contributed by atoms with Gasteiger partial charge in [-0.15, -0.1) is 11.3 Å². The number of carbonyl (C=O) groups excluding carboxylic acids is 1. The first-order valence-electron chi connectivity index (χ1n) is 5.98. The van der Waals surface area contributed by atoms with E-state index in [0.29, 0.717) is 10.6 Å². The molecule has 1 aromatic heterocycles. The van der Waals surface area contributed by atoms with Gasteiger partial charge in [-0.2, -0.15) is 0 Å². The number of thiophene rings is 1.